The first kappa shape index (κ1) is 18.0. The molecular weight excluding hydrogens is 378 g/mol. The van der Waals surface area contributed by atoms with Gasteiger partial charge in [0.2, 0.25) is 11.6 Å². The van der Waals surface area contributed by atoms with Gasteiger partial charge in [0.25, 0.3) is 6.01 Å². The van der Waals surface area contributed by atoms with E-state index in [0.717, 1.165) is 24.6 Å². The number of aromatic nitrogens is 2. The van der Waals surface area contributed by atoms with Gasteiger partial charge in [0.1, 0.15) is 11.6 Å². The van der Waals surface area contributed by atoms with Crippen LogP contribution >= 0.6 is 0 Å². The number of oxazole rings is 1. The molecule has 0 unspecified atom stereocenters. The molecule has 1 aromatic carbocycles. The van der Waals surface area contributed by atoms with Crippen molar-refractivity contribution >= 4 is 23.2 Å². The number of nitrogens with zero attached hydrogens (tertiary/aromatic N) is 4. The van der Waals surface area contributed by atoms with E-state index in [1.54, 1.807) is 4.90 Å². The molecule has 5 rings (SSSR count). The summed E-state index contributed by atoms with van der Waals surface area (Å²) in [5.74, 6) is -0.350. The number of hydrogen-bond acceptors (Lipinski definition) is 5. The number of hydrogen-bond donors (Lipinski definition) is 0. The SMILES string of the molecule is O=C(Cc1ccc(C2CC2)c(F)c1)N1CCN(c2nc3ncc(F)cc3o2)CC1. The Morgan fingerprint density at radius 3 is 2.66 bits per heavy atom. The van der Waals surface area contributed by atoms with E-state index in [1.807, 2.05) is 17.0 Å². The van der Waals surface area contributed by atoms with E-state index in [1.165, 1.54) is 12.1 Å². The van der Waals surface area contributed by atoms with Crippen LogP contribution in [-0.4, -0.2) is 47.0 Å². The standard InChI is InChI=1S/C21H20F2N4O2/c22-15-11-18-20(24-12-15)25-21(29-18)27-7-5-26(6-8-27)19(28)10-13-1-4-16(14-2-3-14)17(23)9-13/h1,4,9,11-12,14H,2-3,5-8,10H2. The van der Waals surface area contributed by atoms with Crippen molar-refractivity contribution in [2.24, 2.45) is 0 Å². The van der Waals surface area contributed by atoms with Crippen LogP contribution in [0.5, 0.6) is 0 Å². The third-order valence-electron chi connectivity index (χ3n) is 5.54. The zero-order valence-electron chi connectivity index (χ0n) is 15.8. The van der Waals surface area contributed by atoms with E-state index >= 15 is 0 Å². The molecule has 2 aliphatic rings. The summed E-state index contributed by atoms with van der Waals surface area (Å²) >= 11 is 0. The van der Waals surface area contributed by atoms with Crippen molar-refractivity contribution in [1.82, 2.24) is 14.9 Å². The average molecular weight is 398 g/mol. The minimum Gasteiger partial charge on any atom is -0.422 e. The van der Waals surface area contributed by atoms with Crippen molar-refractivity contribution in [2.45, 2.75) is 25.2 Å². The lowest BCUT2D eigenvalue weighted by Gasteiger charge is -2.33. The Morgan fingerprint density at radius 1 is 1.14 bits per heavy atom. The maximum absolute atomic E-state index is 14.2. The van der Waals surface area contributed by atoms with Gasteiger partial charge in [-0.15, -0.1) is 0 Å². The zero-order valence-corrected chi connectivity index (χ0v) is 15.8. The summed E-state index contributed by atoms with van der Waals surface area (Å²) in [6, 6.07) is 6.80. The average Bonchev–Trinajstić information content (AvgIpc) is 3.46. The van der Waals surface area contributed by atoms with Crippen LogP contribution in [0.2, 0.25) is 0 Å². The molecule has 2 fully saturated rings. The molecule has 0 N–H and O–H groups in total. The third-order valence-corrected chi connectivity index (χ3v) is 5.54. The number of carbonyl (C=O) groups is 1. The normalized spacial score (nSPS) is 17.2. The highest BCUT2D eigenvalue weighted by atomic mass is 19.1. The predicted molar refractivity (Wildman–Crippen MR) is 103 cm³/mol. The highest BCUT2D eigenvalue weighted by Crippen LogP contribution is 2.41. The molecule has 3 aromatic rings. The minimum atomic E-state index is -0.475. The van der Waals surface area contributed by atoms with E-state index < -0.39 is 5.82 Å². The molecule has 1 saturated carbocycles. The molecule has 3 heterocycles. The first-order valence-electron chi connectivity index (χ1n) is 9.80. The van der Waals surface area contributed by atoms with E-state index in [0.29, 0.717) is 54.9 Å². The van der Waals surface area contributed by atoms with Gasteiger partial charge in [0, 0.05) is 32.2 Å². The molecule has 1 aliphatic heterocycles. The van der Waals surface area contributed by atoms with E-state index in [4.69, 9.17) is 4.42 Å². The molecular formula is C21H20F2N4O2. The Bertz CT molecular complexity index is 1070. The van der Waals surface area contributed by atoms with Crippen LogP contribution in [-0.2, 0) is 11.2 Å². The van der Waals surface area contributed by atoms with Gasteiger partial charge in [-0.1, -0.05) is 12.1 Å². The number of amides is 1. The quantitative estimate of drug-likeness (QED) is 0.675. The van der Waals surface area contributed by atoms with E-state index in [9.17, 15) is 13.6 Å². The predicted octanol–water partition coefficient (Wildman–Crippen LogP) is 3.27. The van der Waals surface area contributed by atoms with Crippen LogP contribution in [0, 0.1) is 11.6 Å². The molecule has 0 atom stereocenters. The first-order chi connectivity index (χ1) is 14.1. The number of piperazine rings is 1. The van der Waals surface area contributed by atoms with Crippen LogP contribution in [0.15, 0.2) is 34.9 Å². The van der Waals surface area contributed by atoms with E-state index in [-0.39, 0.29) is 18.1 Å². The molecule has 1 amide bonds. The Morgan fingerprint density at radius 2 is 1.93 bits per heavy atom. The van der Waals surface area contributed by atoms with Gasteiger partial charge in [-0.25, -0.2) is 13.8 Å². The zero-order chi connectivity index (χ0) is 20.0. The summed E-state index contributed by atoms with van der Waals surface area (Å²) in [7, 11) is 0. The third kappa shape index (κ3) is 3.66. The maximum atomic E-state index is 14.2. The molecule has 6 nitrogen and oxygen atoms in total. The van der Waals surface area contributed by atoms with Crippen molar-refractivity contribution in [1.29, 1.82) is 0 Å². The summed E-state index contributed by atoms with van der Waals surface area (Å²) in [5.41, 5.74) is 2.13. The molecule has 0 radical (unpaired) electrons. The number of rotatable bonds is 4. The number of pyridine rings is 1. The largest absolute Gasteiger partial charge is 0.422 e. The molecule has 0 bridgehead atoms. The molecule has 150 valence electrons. The van der Waals surface area contributed by atoms with Crippen molar-refractivity contribution in [3.63, 3.8) is 0 Å². The fraction of sp³-hybridized carbons (Fsp3) is 0.381. The van der Waals surface area contributed by atoms with Crippen LogP contribution < -0.4 is 4.90 Å². The van der Waals surface area contributed by atoms with Gasteiger partial charge in [0.05, 0.1) is 12.6 Å². The second-order valence-corrected chi connectivity index (χ2v) is 7.65. The van der Waals surface area contributed by atoms with Gasteiger partial charge < -0.3 is 14.2 Å². The van der Waals surface area contributed by atoms with Crippen molar-refractivity contribution in [2.75, 3.05) is 31.1 Å². The summed E-state index contributed by atoms with van der Waals surface area (Å²) < 4.78 is 33.1. The smallest absolute Gasteiger partial charge is 0.300 e. The molecule has 0 spiro atoms. The Hall–Kier alpha value is -3.03. The van der Waals surface area contributed by atoms with E-state index in [2.05, 4.69) is 9.97 Å². The summed E-state index contributed by atoms with van der Waals surface area (Å²) in [6.45, 7) is 2.13. The Labute approximate surface area is 166 Å². The first-order valence-corrected chi connectivity index (χ1v) is 9.80. The summed E-state index contributed by atoms with van der Waals surface area (Å²) in [5, 5.41) is 0. The number of anilines is 1. The lowest BCUT2D eigenvalue weighted by molar-refractivity contribution is -0.130. The lowest BCUT2D eigenvalue weighted by Crippen LogP contribution is -2.49. The van der Waals surface area contributed by atoms with Crippen molar-refractivity contribution in [3.05, 3.63) is 53.2 Å². The molecule has 29 heavy (non-hydrogen) atoms. The maximum Gasteiger partial charge on any atom is 0.300 e. The molecule has 8 heteroatoms. The number of carbonyl (C=O) groups excluding carboxylic acids is 1. The highest BCUT2D eigenvalue weighted by Gasteiger charge is 2.27. The van der Waals surface area contributed by atoms with Gasteiger partial charge >= 0.3 is 0 Å². The number of fused-ring (bicyclic) bond motifs is 1. The highest BCUT2D eigenvalue weighted by molar-refractivity contribution is 5.79. The van der Waals surface area contributed by atoms with Crippen LogP contribution in [0.4, 0.5) is 14.8 Å². The van der Waals surface area contributed by atoms with Crippen molar-refractivity contribution in [3.8, 4) is 0 Å². The van der Waals surface area contributed by atoms with Crippen LogP contribution in [0.25, 0.3) is 11.2 Å². The number of benzene rings is 1. The van der Waals surface area contributed by atoms with Crippen molar-refractivity contribution < 1.29 is 18.0 Å². The fourth-order valence-electron chi connectivity index (χ4n) is 3.76. The Balaban J connectivity index is 1.20. The second kappa shape index (κ2) is 7.09. The minimum absolute atomic E-state index is 0.0236. The second-order valence-electron chi connectivity index (χ2n) is 7.65. The molecule has 1 aliphatic carbocycles. The van der Waals surface area contributed by atoms with Crippen LogP contribution in [0.1, 0.15) is 29.9 Å². The monoisotopic (exact) mass is 398 g/mol. The summed E-state index contributed by atoms with van der Waals surface area (Å²) in [6.07, 6.45) is 3.38. The van der Waals surface area contributed by atoms with Gasteiger partial charge in [0.15, 0.2) is 5.58 Å². The van der Waals surface area contributed by atoms with Gasteiger partial charge in [-0.2, -0.15) is 4.98 Å². The lowest BCUT2D eigenvalue weighted by atomic mass is 10.0. The van der Waals surface area contributed by atoms with Gasteiger partial charge in [-0.05, 0) is 36.0 Å². The fourth-order valence-corrected chi connectivity index (χ4v) is 3.76. The van der Waals surface area contributed by atoms with Crippen LogP contribution in [0.3, 0.4) is 0 Å². The van der Waals surface area contributed by atoms with Gasteiger partial charge in [-0.3, -0.25) is 4.79 Å². The topological polar surface area (TPSA) is 62.5 Å². The number of halogens is 2. The summed E-state index contributed by atoms with van der Waals surface area (Å²) in [4.78, 5) is 24.5. The molecule has 2 aromatic heterocycles. The Kier molecular flexibility index (Phi) is 4.41. The molecule has 1 saturated heterocycles.